The van der Waals surface area contributed by atoms with Gasteiger partial charge in [0.2, 0.25) is 5.91 Å². The number of hydrogen-bond donors (Lipinski definition) is 2. The molecular weight excluding hydrogens is 325 g/mol. The van der Waals surface area contributed by atoms with Crippen molar-refractivity contribution in [3.05, 3.63) is 29.8 Å². The van der Waals surface area contributed by atoms with E-state index < -0.39 is 0 Å². The Morgan fingerprint density at radius 2 is 2.40 bits per heavy atom. The Hall–Kier alpha value is -1.99. The summed E-state index contributed by atoms with van der Waals surface area (Å²) in [5.74, 6) is 1.03. The lowest BCUT2D eigenvalue weighted by atomic mass is 9.67. The highest BCUT2D eigenvalue weighted by atomic mass is 19.1. The van der Waals surface area contributed by atoms with Gasteiger partial charge in [-0.25, -0.2) is 9.37 Å². The molecule has 1 amide bonds. The number of halogens is 1. The molecule has 1 aromatic carbocycles. The van der Waals surface area contributed by atoms with Crippen LogP contribution in [-0.4, -0.2) is 48.3 Å². The summed E-state index contributed by atoms with van der Waals surface area (Å²) in [5.41, 5.74) is 1.36. The molecule has 2 N–H and O–H groups in total. The molecular formula is C18H22FN3O3. The fraction of sp³-hybridized carbons (Fsp3) is 0.556. The molecule has 0 bridgehead atoms. The number of aryl methyl sites for hydroxylation is 1. The minimum Gasteiger partial charge on any atom is -0.384 e. The lowest BCUT2D eigenvalue weighted by Gasteiger charge is -2.47. The number of carbonyl (C=O) groups is 1. The fourth-order valence-electron chi connectivity index (χ4n) is 4.08. The van der Waals surface area contributed by atoms with Crippen LogP contribution in [0.15, 0.2) is 18.2 Å². The zero-order chi connectivity index (χ0) is 17.4. The van der Waals surface area contributed by atoms with Gasteiger partial charge in [0.25, 0.3) is 0 Å². The summed E-state index contributed by atoms with van der Waals surface area (Å²) in [7, 11) is 1.67. The third-order valence-electron chi connectivity index (χ3n) is 5.30. The van der Waals surface area contributed by atoms with Crippen LogP contribution in [0.4, 0.5) is 4.39 Å². The van der Waals surface area contributed by atoms with E-state index >= 15 is 0 Å². The predicted octanol–water partition coefficient (Wildman–Crippen LogP) is 1.80. The van der Waals surface area contributed by atoms with Crippen LogP contribution >= 0.6 is 0 Å². The van der Waals surface area contributed by atoms with E-state index in [4.69, 9.17) is 9.47 Å². The number of fused-ring (bicyclic) bond motifs is 2. The third kappa shape index (κ3) is 3.14. The number of aromatic amines is 1. The second-order valence-electron chi connectivity index (χ2n) is 6.85. The van der Waals surface area contributed by atoms with Crippen molar-refractivity contribution in [2.24, 2.45) is 11.8 Å². The van der Waals surface area contributed by atoms with Crippen LogP contribution in [0.5, 0.6) is 0 Å². The predicted molar refractivity (Wildman–Crippen MR) is 89.5 cm³/mol. The van der Waals surface area contributed by atoms with Gasteiger partial charge in [0, 0.05) is 44.4 Å². The normalized spacial score (nSPS) is 27.9. The Morgan fingerprint density at radius 3 is 3.24 bits per heavy atom. The topological polar surface area (TPSA) is 76.2 Å². The molecule has 0 radical (unpaired) electrons. The van der Waals surface area contributed by atoms with Crippen molar-refractivity contribution in [3.8, 4) is 0 Å². The number of benzene rings is 1. The average Bonchev–Trinajstić information content (AvgIpc) is 3.19. The summed E-state index contributed by atoms with van der Waals surface area (Å²) in [4.78, 5) is 19.8. The number of nitrogens with one attached hydrogen (secondary N) is 2. The lowest BCUT2D eigenvalue weighted by molar-refractivity contribution is -0.129. The van der Waals surface area contributed by atoms with Crippen LogP contribution in [0.3, 0.4) is 0 Å². The highest BCUT2D eigenvalue weighted by Gasteiger charge is 2.54. The van der Waals surface area contributed by atoms with Crippen LogP contribution in [0, 0.1) is 17.7 Å². The Balaban J connectivity index is 1.34. The van der Waals surface area contributed by atoms with Gasteiger partial charge < -0.3 is 19.8 Å². The van der Waals surface area contributed by atoms with E-state index in [1.165, 1.54) is 12.1 Å². The summed E-state index contributed by atoms with van der Waals surface area (Å²) in [5, 5.41) is 3.14. The molecule has 0 unspecified atom stereocenters. The number of amides is 1. The standard InChI is InChI=1S/C18H22FN3O3/c1-24-9-12-17(11-6-7-25-18(11)12)22-16(23)5-4-15-20-13-3-2-10(19)8-14(13)21-15/h2-3,8,11-12,17-18H,4-7,9H2,1H3,(H,20,21)(H,22,23)/t11-,12+,17+,18-/m1/s1. The third-order valence-corrected chi connectivity index (χ3v) is 5.30. The number of imidazole rings is 1. The number of hydrogen-bond acceptors (Lipinski definition) is 4. The van der Waals surface area contributed by atoms with Crippen molar-refractivity contribution in [1.29, 1.82) is 0 Å². The van der Waals surface area contributed by atoms with E-state index in [9.17, 15) is 9.18 Å². The molecule has 134 valence electrons. The van der Waals surface area contributed by atoms with Crippen molar-refractivity contribution in [3.63, 3.8) is 0 Å². The number of nitrogens with zero attached hydrogens (tertiary/aromatic N) is 1. The van der Waals surface area contributed by atoms with E-state index in [-0.39, 0.29) is 29.8 Å². The van der Waals surface area contributed by atoms with Crippen molar-refractivity contribution in [2.75, 3.05) is 20.3 Å². The Morgan fingerprint density at radius 1 is 1.52 bits per heavy atom. The van der Waals surface area contributed by atoms with E-state index in [0.717, 1.165) is 13.0 Å². The zero-order valence-electron chi connectivity index (χ0n) is 14.1. The van der Waals surface area contributed by atoms with Gasteiger partial charge in [-0.3, -0.25) is 4.79 Å². The van der Waals surface area contributed by atoms with E-state index in [0.29, 0.717) is 42.2 Å². The number of H-pyrrole nitrogens is 1. The van der Waals surface area contributed by atoms with Crippen LogP contribution in [0.1, 0.15) is 18.7 Å². The molecule has 0 spiro atoms. The Kier molecular flexibility index (Phi) is 4.43. The number of methoxy groups -OCH3 is 1. The van der Waals surface area contributed by atoms with Crippen LogP contribution < -0.4 is 5.32 Å². The van der Waals surface area contributed by atoms with Gasteiger partial charge in [-0.05, 0) is 24.6 Å². The number of carbonyl (C=O) groups excluding carboxylic acids is 1. The molecule has 2 fully saturated rings. The maximum absolute atomic E-state index is 13.2. The average molecular weight is 347 g/mol. The van der Waals surface area contributed by atoms with Crippen LogP contribution in [0.2, 0.25) is 0 Å². The Labute approximate surface area is 145 Å². The van der Waals surface area contributed by atoms with Crippen LogP contribution in [-0.2, 0) is 20.7 Å². The fourth-order valence-corrected chi connectivity index (χ4v) is 4.08. The van der Waals surface area contributed by atoms with Gasteiger partial charge in [-0.15, -0.1) is 0 Å². The molecule has 1 aromatic heterocycles. The molecule has 4 atom stereocenters. The Bertz CT molecular complexity index is 778. The molecule has 25 heavy (non-hydrogen) atoms. The van der Waals surface area contributed by atoms with Gasteiger partial charge in [-0.1, -0.05) is 0 Å². The molecule has 7 heteroatoms. The SMILES string of the molecule is COC[C@H]1[C@@H](NC(=O)CCc2nc3ccc(F)cc3[nH]2)[C@H]2CCO[C@H]21. The lowest BCUT2D eigenvalue weighted by Crippen LogP contribution is -2.62. The number of ether oxygens (including phenoxy) is 2. The summed E-state index contributed by atoms with van der Waals surface area (Å²) in [6, 6.07) is 4.56. The summed E-state index contributed by atoms with van der Waals surface area (Å²) < 4.78 is 24.2. The van der Waals surface area contributed by atoms with Crippen LogP contribution in [0.25, 0.3) is 11.0 Å². The molecule has 1 saturated heterocycles. The second-order valence-corrected chi connectivity index (χ2v) is 6.85. The second kappa shape index (κ2) is 6.72. The molecule has 2 aliphatic rings. The highest BCUT2D eigenvalue weighted by molar-refractivity contribution is 5.77. The molecule has 1 aliphatic carbocycles. The molecule has 4 rings (SSSR count). The van der Waals surface area contributed by atoms with Crippen molar-refractivity contribution < 1.29 is 18.7 Å². The quantitative estimate of drug-likeness (QED) is 0.835. The molecule has 1 aliphatic heterocycles. The summed E-state index contributed by atoms with van der Waals surface area (Å²) in [6.07, 6.45) is 2.05. The van der Waals surface area contributed by atoms with Gasteiger partial charge >= 0.3 is 0 Å². The zero-order valence-corrected chi connectivity index (χ0v) is 14.1. The highest BCUT2D eigenvalue weighted by Crippen LogP contribution is 2.43. The first-order chi connectivity index (χ1) is 12.2. The van der Waals surface area contributed by atoms with E-state index in [2.05, 4.69) is 15.3 Å². The summed E-state index contributed by atoms with van der Waals surface area (Å²) in [6.45, 7) is 1.36. The van der Waals surface area contributed by atoms with Crippen molar-refractivity contribution >= 4 is 16.9 Å². The first-order valence-corrected chi connectivity index (χ1v) is 8.70. The molecule has 2 aromatic rings. The minimum absolute atomic E-state index is 0.00286. The molecule has 1 saturated carbocycles. The van der Waals surface area contributed by atoms with Gasteiger partial charge in [0.05, 0.1) is 23.7 Å². The summed E-state index contributed by atoms with van der Waals surface area (Å²) >= 11 is 0. The first-order valence-electron chi connectivity index (χ1n) is 8.70. The minimum atomic E-state index is -0.303. The van der Waals surface area contributed by atoms with E-state index in [1.54, 1.807) is 13.2 Å². The van der Waals surface area contributed by atoms with E-state index in [1.807, 2.05) is 0 Å². The largest absolute Gasteiger partial charge is 0.384 e. The number of aromatic nitrogens is 2. The molecule has 6 nitrogen and oxygen atoms in total. The maximum Gasteiger partial charge on any atom is 0.220 e. The van der Waals surface area contributed by atoms with Crippen molar-refractivity contribution in [1.82, 2.24) is 15.3 Å². The van der Waals surface area contributed by atoms with Gasteiger partial charge in [0.15, 0.2) is 0 Å². The van der Waals surface area contributed by atoms with Crippen molar-refractivity contribution in [2.45, 2.75) is 31.4 Å². The maximum atomic E-state index is 13.2. The monoisotopic (exact) mass is 347 g/mol. The molecule has 2 heterocycles. The van der Waals surface area contributed by atoms with Gasteiger partial charge in [0.1, 0.15) is 11.6 Å². The number of rotatable bonds is 6. The van der Waals surface area contributed by atoms with Gasteiger partial charge in [-0.2, -0.15) is 0 Å². The first kappa shape index (κ1) is 16.5. The smallest absolute Gasteiger partial charge is 0.220 e.